The summed E-state index contributed by atoms with van der Waals surface area (Å²) in [7, 11) is 0. The molecule has 1 amide bonds. The molecule has 0 saturated carbocycles. The van der Waals surface area contributed by atoms with Gasteiger partial charge in [-0.05, 0) is 32.8 Å². The van der Waals surface area contributed by atoms with Crippen molar-refractivity contribution in [2.75, 3.05) is 13.1 Å². The Hall–Kier alpha value is -1.51. The van der Waals surface area contributed by atoms with Gasteiger partial charge in [-0.15, -0.1) is 0 Å². The van der Waals surface area contributed by atoms with Gasteiger partial charge < -0.3 is 9.64 Å². The number of hydrogen-bond acceptors (Lipinski definition) is 2. The maximum absolute atomic E-state index is 11.8. The Morgan fingerprint density at radius 3 is 2.72 bits per heavy atom. The SMILES string of the molecule is CC(C)(C)OC(=O)N1CC(C2=CC=CCC=C2)C1. The number of nitrogens with zero attached hydrogens (tertiary/aromatic N) is 1. The Morgan fingerprint density at radius 1 is 1.33 bits per heavy atom. The topological polar surface area (TPSA) is 29.5 Å². The molecule has 1 fully saturated rings. The fourth-order valence-corrected chi connectivity index (χ4v) is 2.03. The molecule has 2 rings (SSSR count). The highest BCUT2D eigenvalue weighted by atomic mass is 16.6. The zero-order chi connectivity index (χ0) is 13.2. The minimum absolute atomic E-state index is 0.201. The van der Waals surface area contributed by atoms with Crippen molar-refractivity contribution in [1.82, 2.24) is 4.90 Å². The molecular weight excluding hydrogens is 226 g/mol. The van der Waals surface area contributed by atoms with E-state index in [1.54, 1.807) is 4.90 Å². The van der Waals surface area contributed by atoms with Gasteiger partial charge in [0.15, 0.2) is 0 Å². The normalized spacial score (nSPS) is 20.2. The predicted molar refractivity (Wildman–Crippen MR) is 72.3 cm³/mol. The number of amides is 1. The minimum atomic E-state index is -0.410. The maximum Gasteiger partial charge on any atom is 0.410 e. The molecule has 1 aliphatic heterocycles. The molecule has 0 radical (unpaired) electrons. The number of allylic oxidation sites excluding steroid dienone is 5. The molecule has 0 aromatic carbocycles. The second-order valence-corrected chi connectivity index (χ2v) is 5.82. The molecule has 1 aliphatic carbocycles. The minimum Gasteiger partial charge on any atom is -0.444 e. The van der Waals surface area contributed by atoms with Gasteiger partial charge >= 0.3 is 6.09 Å². The summed E-state index contributed by atoms with van der Waals surface area (Å²) in [5, 5.41) is 0. The first-order chi connectivity index (χ1) is 8.46. The Bertz CT molecular complexity index is 407. The van der Waals surface area contributed by atoms with Gasteiger partial charge in [-0.2, -0.15) is 0 Å². The largest absolute Gasteiger partial charge is 0.444 e. The average Bonchev–Trinajstić information content (AvgIpc) is 2.41. The summed E-state index contributed by atoms with van der Waals surface area (Å²) in [6.07, 6.45) is 11.5. The highest BCUT2D eigenvalue weighted by molar-refractivity contribution is 5.69. The summed E-state index contributed by atoms with van der Waals surface area (Å²) in [6, 6.07) is 0. The lowest BCUT2D eigenvalue weighted by molar-refractivity contribution is 0.00406. The summed E-state index contributed by atoms with van der Waals surface area (Å²) in [6.45, 7) is 7.20. The van der Waals surface area contributed by atoms with E-state index >= 15 is 0 Å². The molecule has 18 heavy (non-hydrogen) atoms. The van der Waals surface area contributed by atoms with Crippen molar-refractivity contribution in [3.8, 4) is 0 Å². The van der Waals surface area contributed by atoms with Crippen LogP contribution in [0, 0.1) is 5.92 Å². The van der Waals surface area contributed by atoms with Crippen molar-refractivity contribution in [3.63, 3.8) is 0 Å². The molecule has 0 unspecified atom stereocenters. The first kappa shape index (κ1) is 12.9. The highest BCUT2D eigenvalue weighted by Crippen LogP contribution is 2.27. The van der Waals surface area contributed by atoms with E-state index in [1.165, 1.54) is 5.57 Å². The van der Waals surface area contributed by atoms with Crippen LogP contribution in [0.3, 0.4) is 0 Å². The van der Waals surface area contributed by atoms with Gasteiger partial charge in [0.1, 0.15) is 5.60 Å². The third-order valence-electron chi connectivity index (χ3n) is 3.01. The Balaban J connectivity index is 1.85. The lowest BCUT2D eigenvalue weighted by Gasteiger charge is -2.40. The van der Waals surface area contributed by atoms with Crippen LogP contribution in [0.25, 0.3) is 0 Å². The highest BCUT2D eigenvalue weighted by Gasteiger charge is 2.34. The van der Waals surface area contributed by atoms with Crippen LogP contribution in [0.5, 0.6) is 0 Å². The summed E-state index contributed by atoms with van der Waals surface area (Å²) in [5.41, 5.74) is 0.899. The summed E-state index contributed by atoms with van der Waals surface area (Å²) < 4.78 is 5.34. The van der Waals surface area contributed by atoms with E-state index in [1.807, 2.05) is 20.8 Å². The molecule has 3 nitrogen and oxygen atoms in total. The summed E-state index contributed by atoms with van der Waals surface area (Å²) in [4.78, 5) is 13.6. The molecule has 0 bridgehead atoms. The van der Waals surface area contributed by atoms with Crippen molar-refractivity contribution in [1.29, 1.82) is 0 Å². The van der Waals surface area contributed by atoms with E-state index in [9.17, 15) is 4.79 Å². The van der Waals surface area contributed by atoms with E-state index in [0.29, 0.717) is 5.92 Å². The summed E-state index contributed by atoms with van der Waals surface area (Å²) >= 11 is 0. The standard InChI is InChI=1S/C15H21NO2/c1-15(2,3)18-14(17)16-10-13(11-16)12-8-6-4-5-7-9-12/h4,6-9,13H,5,10-11H2,1-3H3. The zero-order valence-electron chi connectivity index (χ0n) is 11.3. The van der Waals surface area contributed by atoms with Crippen molar-refractivity contribution in [2.24, 2.45) is 5.92 Å². The molecule has 3 heteroatoms. The lowest BCUT2D eigenvalue weighted by atomic mass is 9.91. The van der Waals surface area contributed by atoms with E-state index < -0.39 is 5.60 Å². The second kappa shape index (κ2) is 5.01. The van der Waals surface area contributed by atoms with Crippen LogP contribution in [-0.2, 0) is 4.74 Å². The van der Waals surface area contributed by atoms with Crippen LogP contribution in [0.15, 0.2) is 36.0 Å². The zero-order valence-corrected chi connectivity index (χ0v) is 11.3. The Labute approximate surface area is 109 Å². The average molecular weight is 247 g/mol. The lowest BCUT2D eigenvalue weighted by Crippen LogP contribution is -2.52. The van der Waals surface area contributed by atoms with E-state index in [2.05, 4.69) is 30.4 Å². The van der Waals surface area contributed by atoms with Crippen molar-refractivity contribution in [2.45, 2.75) is 32.8 Å². The van der Waals surface area contributed by atoms with E-state index in [0.717, 1.165) is 19.5 Å². The van der Waals surface area contributed by atoms with Crippen molar-refractivity contribution < 1.29 is 9.53 Å². The Kier molecular flexibility index (Phi) is 3.60. The molecule has 1 heterocycles. The molecule has 0 aromatic rings. The molecule has 0 aromatic heterocycles. The van der Waals surface area contributed by atoms with Gasteiger partial charge in [-0.3, -0.25) is 0 Å². The number of carbonyl (C=O) groups is 1. The van der Waals surface area contributed by atoms with Gasteiger partial charge in [0, 0.05) is 19.0 Å². The number of rotatable bonds is 1. The number of ether oxygens (including phenoxy) is 1. The molecule has 2 aliphatic rings. The fourth-order valence-electron chi connectivity index (χ4n) is 2.03. The van der Waals surface area contributed by atoms with Crippen LogP contribution in [0.2, 0.25) is 0 Å². The number of hydrogen-bond donors (Lipinski definition) is 0. The Morgan fingerprint density at radius 2 is 2.06 bits per heavy atom. The second-order valence-electron chi connectivity index (χ2n) is 5.82. The molecule has 98 valence electrons. The molecular formula is C15H21NO2. The third kappa shape index (κ3) is 3.25. The van der Waals surface area contributed by atoms with Gasteiger partial charge in [-0.25, -0.2) is 4.79 Å². The summed E-state index contributed by atoms with van der Waals surface area (Å²) in [5.74, 6) is 0.455. The van der Waals surface area contributed by atoms with Crippen molar-refractivity contribution >= 4 is 6.09 Å². The first-order valence-electron chi connectivity index (χ1n) is 6.47. The van der Waals surface area contributed by atoms with Crippen LogP contribution in [0.4, 0.5) is 4.79 Å². The molecule has 0 atom stereocenters. The van der Waals surface area contributed by atoms with E-state index in [-0.39, 0.29) is 6.09 Å². The third-order valence-corrected chi connectivity index (χ3v) is 3.01. The molecule has 1 saturated heterocycles. The van der Waals surface area contributed by atoms with Crippen LogP contribution >= 0.6 is 0 Å². The van der Waals surface area contributed by atoms with E-state index in [4.69, 9.17) is 4.74 Å². The monoisotopic (exact) mass is 247 g/mol. The van der Waals surface area contributed by atoms with Crippen LogP contribution in [-0.4, -0.2) is 29.7 Å². The maximum atomic E-state index is 11.8. The van der Waals surface area contributed by atoms with Crippen molar-refractivity contribution in [3.05, 3.63) is 36.0 Å². The van der Waals surface area contributed by atoms with Gasteiger partial charge in [0.25, 0.3) is 0 Å². The predicted octanol–water partition coefficient (Wildman–Crippen LogP) is 3.30. The quantitative estimate of drug-likeness (QED) is 0.711. The van der Waals surface area contributed by atoms with Gasteiger partial charge in [-0.1, -0.05) is 30.4 Å². The van der Waals surface area contributed by atoms with Crippen LogP contribution < -0.4 is 0 Å². The number of carbonyl (C=O) groups excluding carboxylic acids is 1. The molecule has 0 N–H and O–H groups in total. The van der Waals surface area contributed by atoms with Gasteiger partial charge in [0.2, 0.25) is 0 Å². The van der Waals surface area contributed by atoms with Gasteiger partial charge in [0.05, 0.1) is 0 Å². The molecule has 0 spiro atoms. The first-order valence-corrected chi connectivity index (χ1v) is 6.47. The smallest absolute Gasteiger partial charge is 0.410 e. The number of likely N-dealkylation sites (tertiary alicyclic amines) is 1. The van der Waals surface area contributed by atoms with Crippen LogP contribution in [0.1, 0.15) is 27.2 Å². The fraction of sp³-hybridized carbons (Fsp3) is 0.533.